The summed E-state index contributed by atoms with van der Waals surface area (Å²) < 4.78 is 15.2. The molecule has 0 aliphatic heterocycles. The van der Waals surface area contributed by atoms with E-state index in [1.54, 1.807) is 19.1 Å². The molecule has 0 aromatic rings. The molecule has 166 valence electrons. The molecule has 4 aliphatic carbocycles. The van der Waals surface area contributed by atoms with Gasteiger partial charge in [0.05, 0.1) is 6.10 Å². The van der Waals surface area contributed by atoms with Gasteiger partial charge < -0.3 is 24.5 Å². The van der Waals surface area contributed by atoms with Gasteiger partial charge >= 0.3 is 29.6 Å². The van der Waals surface area contributed by atoms with Crippen molar-refractivity contribution >= 4 is 19.4 Å². The maximum atomic E-state index is 12.8. The molecule has 0 amide bonds. The second kappa shape index (κ2) is 8.26. The van der Waals surface area contributed by atoms with E-state index in [4.69, 9.17) is 4.89 Å². The average molecular weight is 462 g/mol. The Bertz CT molecular complexity index is 896. The Morgan fingerprint density at radius 2 is 2.03 bits per heavy atom. The van der Waals surface area contributed by atoms with Gasteiger partial charge in [-0.3, -0.25) is 14.2 Å². The van der Waals surface area contributed by atoms with Gasteiger partial charge in [-0.2, -0.15) is 0 Å². The number of carbonyl (C=O) groups is 2. The van der Waals surface area contributed by atoms with Crippen LogP contribution in [0, 0.1) is 28.6 Å². The molecule has 0 heterocycles. The van der Waals surface area contributed by atoms with E-state index in [-0.39, 0.29) is 65.9 Å². The summed E-state index contributed by atoms with van der Waals surface area (Å²) >= 11 is 0. The number of hydrogen-bond acceptors (Lipinski definition) is 7. The van der Waals surface area contributed by atoms with Crippen LogP contribution in [0.4, 0.5) is 0 Å². The molecular formula is C21H28NaO8P. The first kappa shape index (κ1) is 25.5. The number of allylic oxidation sites excluding steroid dienone is 4. The Balaban J connectivity index is 0.00000272. The van der Waals surface area contributed by atoms with Crippen LogP contribution in [0.5, 0.6) is 0 Å². The van der Waals surface area contributed by atoms with E-state index >= 15 is 0 Å². The minimum absolute atomic E-state index is 0. The molecule has 0 saturated heterocycles. The van der Waals surface area contributed by atoms with E-state index < -0.39 is 42.7 Å². The fourth-order valence-electron chi connectivity index (χ4n) is 7.05. The minimum atomic E-state index is -5.09. The Hall–Kier alpha value is -0.150. The Morgan fingerprint density at radius 3 is 2.68 bits per heavy atom. The van der Waals surface area contributed by atoms with Gasteiger partial charge in [-0.05, 0) is 56.1 Å². The predicted molar refractivity (Wildman–Crippen MR) is 104 cm³/mol. The second-order valence-electron chi connectivity index (χ2n) is 9.78. The summed E-state index contributed by atoms with van der Waals surface area (Å²) in [6.45, 7) is 2.89. The van der Waals surface area contributed by atoms with E-state index in [1.807, 2.05) is 13.0 Å². The number of aliphatic hydroxyl groups excluding tert-OH is 1. The maximum absolute atomic E-state index is 12.8. The number of fused-ring (bicyclic) bond motifs is 5. The van der Waals surface area contributed by atoms with Crippen LogP contribution >= 0.6 is 7.82 Å². The molecule has 0 aromatic carbocycles. The molecule has 8 atom stereocenters. The van der Waals surface area contributed by atoms with Crippen LogP contribution in [0.3, 0.4) is 0 Å². The molecule has 4 rings (SSSR count). The fourth-order valence-corrected chi connectivity index (χ4v) is 7.33. The van der Waals surface area contributed by atoms with Gasteiger partial charge in [0.2, 0.25) is 0 Å². The molecule has 31 heavy (non-hydrogen) atoms. The molecule has 4 aliphatic rings. The van der Waals surface area contributed by atoms with Crippen LogP contribution in [-0.2, 0) is 18.7 Å². The number of ketones is 2. The normalized spacial score (nSPS) is 45.5. The van der Waals surface area contributed by atoms with Gasteiger partial charge in [0.1, 0.15) is 12.2 Å². The molecule has 10 heteroatoms. The summed E-state index contributed by atoms with van der Waals surface area (Å²) in [4.78, 5) is 44.4. The van der Waals surface area contributed by atoms with Crippen LogP contribution in [0.2, 0.25) is 0 Å². The van der Waals surface area contributed by atoms with Crippen molar-refractivity contribution in [2.45, 2.75) is 57.7 Å². The molecule has 0 radical (unpaired) electrons. The zero-order valence-electron chi connectivity index (χ0n) is 18.1. The van der Waals surface area contributed by atoms with Crippen molar-refractivity contribution in [2.24, 2.45) is 28.6 Å². The fraction of sp³-hybridized carbons (Fsp3) is 0.714. The Labute approximate surface area is 203 Å². The number of rotatable bonds is 4. The van der Waals surface area contributed by atoms with Crippen LogP contribution < -0.4 is 34.5 Å². The zero-order chi connectivity index (χ0) is 22.1. The third-order valence-corrected chi connectivity index (χ3v) is 8.92. The number of hydrogen-bond donors (Lipinski definition) is 3. The van der Waals surface area contributed by atoms with Gasteiger partial charge in [-0.1, -0.05) is 25.5 Å². The number of phosphoric acid groups is 1. The summed E-state index contributed by atoms with van der Waals surface area (Å²) in [7, 11) is -5.09. The Kier molecular flexibility index (Phi) is 6.79. The van der Waals surface area contributed by atoms with Crippen molar-refractivity contribution in [3.8, 4) is 0 Å². The SMILES string of the molecule is CC12C=CC(=O)C=C1CCC1C2C(O)CC2(C)C1CCC2(O)C(=O)COP(=O)([O-])O.[Na+]. The third-order valence-electron chi connectivity index (χ3n) is 8.47. The van der Waals surface area contributed by atoms with Gasteiger partial charge in [-0.15, -0.1) is 0 Å². The minimum Gasteiger partial charge on any atom is -0.756 e. The van der Waals surface area contributed by atoms with Gasteiger partial charge in [0.15, 0.2) is 11.6 Å². The van der Waals surface area contributed by atoms with E-state index in [0.717, 1.165) is 12.0 Å². The largest absolute Gasteiger partial charge is 1.00 e. The van der Waals surface area contributed by atoms with Crippen molar-refractivity contribution in [2.75, 3.05) is 6.61 Å². The first-order valence-electron chi connectivity index (χ1n) is 10.4. The summed E-state index contributed by atoms with van der Waals surface area (Å²) in [5, 5.41) is 22.6. The summed E-state index contributed by atoms with van der Waals surface area (Å²) in [6.07, 6.45) is 6.66. The molecule has 3 N–H and O–H groups in total. The van der Waals surface area contributed by atoms with E-state index in [2.05, 4.69) is 4.52 Å². The summed E-state index contributed by atoms with van der Waals surface area (Å²) in [6, 6.07) is 0. The first-order valence-corrected chi connectivity index (χ1v) is 11.9. The molecule has 0 bridgehead atoms. The average Bonchev–Trinajstić information content (AvgIpc) is 2.91. The number of aliphatic hydroxyl groups is 2. The van der Waals surface area contributed by atoms with Crippen LogP contribution in [0.15, 0.2) is 23.8 Å². The smallest absolute Gasteiger partial charge is 0.756 e. The topological polar surface area (TPSA) is 144 Å². The third kappa shape index (κ3) is 3.92. The molecule has 8 nitrogen and oxygen atoms in total. The first-order chi connectivity index (χ1) is 13.8. The van der Waals surface area contributed by atoms with Crippen molar-refractivity contribution < 1.29 is 68.2 Å². The molecule has 3 saturated carbocycles. The molecule has 0 spiro atoms. The van der Waals surface area contributed by atoms with Crippen LogP contribution in [-0.4, -0.2) is 45.0 Å². The molecular weight excluding hydrogens is 434 g/mol. The molecule has 3 fully saturated rings. The standard InChI is InChI=1S/C21H29O8P.Na/c1-19-7-5-13(22)9-12(19)3-4-14-15-6-8-21(25,17(24)11-29-30(26,27)28)20(15,2)10-16(23)18(14)19;/h5,7,9,14-16,18,23,25H,3-4,6,8,10-11H2,1-2H3,(H2,26,27,28);/q;+1/p-1. The monoisotopic (exact) mass is 462 g/mol. The maximum Gasteiger partial charge on any atom is 1.00 e. The van der Waals surface area contributed by atoms with Crippen molar-refractivity contribution in [3.05, 3.63) is 23.8 Å². The van der Waals surface area contributed by atoms with Crippen molar-refractivity contribution in [1.82, 2.24) is 0 Å². The zero-order valence-corrected chi connectivity index (χ0v) is 21.0. The number of carbonyl (C=O) groups excluding carboxylic acids is 2. The summed E-state index contributed by atoms with van der Waals surface area (Å²) in [5.41, 5.74) is -2.21. The quantitative estimate of drug-likeness (QED) is 0.323. The number of phosphoric ester groups is 1. The van der Waals surface area contributed by atoms with E-state index in [0.29, 0.717) is 12.8 Å². The Morgan fingerprint density at radius 1 is 1.35 bits per heavy atom. The van der Waals surface area contributed by atoms with Crippen molar-refractivity contribution in [1.29, 1.82) is 0 Å². The van der Waals surface area contributed by atoms with Gasteiger partial charge in [0, 0.05) is 16.7 Å². The van der Waals surface area contributed by atoms with Crippen LogP contribution in [0.25, 0.3) is 0 Å². The van der Waals surface area contributed by atoms with Gasteiger partial charge in [0.25, 0.3) is 7.82 Å². The van der Waals surface area contributed by atoms with E-state index in [1.165, 1.54) is 0 Å². The molecule has 8 unspecified atom stereocenters. The van der Waals surface area contributed by atoms with Crippen molar-refractivity contribution in [3.63, 3.8) is 0 Å². The predicted octanol–water partition coefficient (Wildman–Crippen LogP) is -1.95. The summed E-state index contributed by atoms with van der Waals surface area (Å²) in [5.74, 6) is -0.971. The molecule has 0 aromatic heterocycles. The number of Topliss-reactive ketones (excluding diaryl/α,β-unsaturated/α-hetero) is 1. The second-order valence-corrected chi connectivity index (χ2v) is 11.0. The van der Waals surface area contributed by atoms with Crippen LogP contribution in [0.1, 0.15) is 46.0 Å². The van der Waals surface area contributed by atoms with E-state index in [9.17, 15) is 29.3 Å². The van der Waals surface area contributed by atoms with Gasteiger partial charge in [-0.25, -0.2) is 0 Å².